The van der Waals surface area contributed by atoms with Gasteiger partial charge in [0.15, 0.2) is 0 Å². The highest BCUT2D eigenvalue weighted by Gasteiger charge is 2.22. The van der Waals surface area contributed by atoms with Gasteiger partial charge < -0.3 is 10.6 Å². The maximum absolute atomic E-state index is 4.35. The Morgan fingerprint density at radius 2 is 2.16 bits per heavy atom. The molecular formula is C13H21BrN4S. The summed E-state index contributed by atoms with van der Waals surface area (Å²) in [6.45, 7) is 2.92. The SMILES string of the molecule is CCNc1ncnc(NC2CCCC(SC)C2)c1Br. The van der Waals surface area contributed by atoms with Gasteiger partial charge in [-0.3, -0.25) is 0 Å². The van der Waals surface area contributed by atoms with Gasteiger partial charge in [-0.2, -0.15) is 11.8 Å². The number of halogens is 1. The summed E-state index contributed by atoms with van der Waals surface area (Å²) in [5.74, 6) is 1.76. The number of nitrogens with one attached hydrogen (secondary N) is 2. The van der Waals surface area contributed by atoms with Crippen molar-refractivity contribution in [1.29, 1.82) is 0 Å². The minimum atomic E-state index is 0.520. The van der Waals surface area contributed by atoms with Crippen LogP contribution < -0.4 is 10.6 Å². The van der Waals surface area contributed by atoms with E-state index in [0.29, 0.717) is 6.04 Å². The second-order valence-corrected chi connectivity index (χ2v) is 6.71. The van der Waals surface area contributed by atoms with Crippen molar-refractivity contribution in [3.05, 3.63) is 10.8 Å². The minimum absolute atomic E-state index is 0.520. The molecule has 4 nitrogen and oxygen atoms in total. The molecule has 0 spiro atoms. The maximum atomic E-state index is 4.35. The third-order valence-electron chi connectivity index (χ3n) is 3.43. The molecule has 1 saturated carbocycles. The molecular weight excluding hydrogens is 324 g/mol. The third-order valence-corrected chi connectivity index (χ3v) is 5.28. The molecule has 0 aliphatic heterocycles. The fourth-order valence-electron chi connectivity index (χ4n) is 2.44. The van der Waals surface area contributed by atoms with Crippen molar-refractivity contribution in [3.8, 4) is 0 Å². The number of anilines is 2. The molecule has 1 aliphatic rings. The summed E-state index contributed by atoms with van der Waals surface area (Å²) in [7, 11) is 0. The first-order valence-corrected chi connectivity index (χ1v) is 8.86. The minimum Gasteiger partial charge on any atom is -0.369 e. The average Bonchev–Trinajstić information content (AvgIpc) is 2.44. The first-order valence-electron chi connectivity index (χ1n) is 6.78. The van der Waals surface area contributed by atoms with E-state index in [2.05, 4.69) is 49.7 Å². The lowest BCUT2D eigenvalue weighted by Gasteiger charge is -2.29. The lowest BCUT2D eigenvalue weighted by molar-refractivity contribution is 0.472. The van der Waals surface area contributed by atoms with E-state index in [4.69, 9.17) is 0 Å². The number of aromatic nitrogens is 2. The number of rotatable bonds is 5. The molecule has 19 heavy (non-hydrogen) atoms. The average molecular weight is 345 g/mol. The predicted molar refractivity (Wildman–Crippen MR) is 87.1 cm³/mol. The summed E-state index contributed by atoms with van der Waals surface area (Å²) < 4.78 is 0.933. The van der Waals surface area contributed by atoms with Crippen molar-refractivity contribution in [2.75, 3.05) is 23.4 Å². The van der Waals surface area contributed by atoms with Gasteiger partial charge in [-0.15, -0.1) is 0 Å². The molecule has 2 unspecified atom stereocenters. The van der Waals surface area contributed by atoms with Gasteiger partial charge in [0.2, 0.25) is 0 Å². The molecule has 0 radical (unpaired) electrons. The van der Waals surface area contributed by atoms with Crippen molar-refractivity contribution in [2.45, 2.75) is 43.9 Å². The van der Waals surface area contributed by atoms with Crippen LogP contribution in [0.25, 0.3) is 0 Å². The molecule has 1 fully saturated rings. The van der Waals surface area contributed by atoms with Crippen LogP contribution in [0.3, 0.4) is 0 Å². The lowest BCUT2D eigenvalue weighted by Crippen LogP contribution is -2.29. The highest BCUT2D eigenvalue weighted by Crippen LogP contribution is 2.32. The molecule has 1 aliphatic carbocycles. The van der Waals surface area contributed by atoms with E-state index in [1.54, 1.807) is 6.33 Å². The Hall–Kier alpha value is -0.490. The molecule has 0 saturated heterocycles. The van der Waals surface area contributed by atoms with Crippen molar-refractivity contribution in [2.24, 2.45) is 0 Å². The molecule has 0 amide bonds. The molecule has 1 aromatic heterocycles. The van der Waals surface area contributed by atoms with Crippen LogP contribution in [0.5, 0.6) is 0 Å². The van der Waals surface area contributed by atoms with Crippen LogP contribution in [0, 0.1) is 0 Å². The molecule has 2 rings (SSSR count). The van der Waals surface area contributed by atoms with Crippen LogP contribution in [0.1, 0.15) is 32.6 Å². The Morgan fingerprint density at radius 3 is 2.89 bits per heavy atom. The van der Waals surface area contributed by atoms with Gasteiger partial charge in [-0.1, -0.05) is 6.42 Å². The van der Waals surface area contributed by atoms with Crippen LogP contribution >= 0.6 is 27.7 Å². The van der Waals surface area contributed by atoms with Crippen LogP contribution in [0.2, 0.25) is 0 Å². The first-order chi connectivity index (χ1) is 9.24. The van der Waals surface area contributed by atoms with Crippen LogP contribution in [0.4, 0.5) is 11.6 Å². The standard InChI is InChI=1S/C13H21BrN4S/c1-3-15-12-11(14)13(17-8-16-12)18-9-5-4-6-10(7-9)19-2/h8-10H,3-7H2,1-2H3,(H2,15,16,17,18). The topological polar surface area (TPSA) is 49.8 Å². The third kappa shape index (κ3) is 3.99. The van der Waals surface area contributed by atoms with Gasteiger partial charge in [-0.05, 0) is 48.4 Å². The largest absolute Gasteiger partial charge is 0.369 e. The molecule has 2 N–H and O–H groups in total. The molecule has 1 heterocycles. The second-order valence-electron chi connectivity index (χ2n) is 4.78. The lowest BCUT2D eigenvalue weighted by atomic mass is 9.95. The van der Waals surface area contributed by atoms with E-state index in [1.807, 2.05) is 11.8 Å². The van der Waals surface area contributed by atoms with Crippen LogP contribution in [-0.2, 0) is 0 Å². The van der Waals surface area contributed by atoms with Gasteiger partial charge >= 0.3 is 0 Å². The zero-order valence-electron chi connectivity index (χ0n) is 11.4. The van der Waals surface area contributed by atoms with E-state index in [1.165, 1.54) is 25.7 Å². The van der Waals surface area contributed by atoms with Gasteiger partial charge in [0.25, 0.3) is 0 Å². The summed E-state index contributed by atoms with van der Waals surface area (Å²) in [5, 5.41) is 7.57. The van der Waals surface area contributed by atoms with E-state index < -0.39 is 0 Å². The van der Waals surface area contributed by atoms with E-state index in [9.17, 15) is 0 Å². The normalized spacial score (nSPS) is 23.1. The van der Waals surface area contributed by atoms with E-state index in [-0.39, 0.29) is 0 Å². The molecule has 1 aromatic rings. The van der Waals surface area contributed by atoms with Gasteiger partial charge in [-0.25, -0.2) is 9.97 Å². The number of nitrogens with zero attached hydrogens (tertiary/aromatic N) is 2. The molecule has 2 atom stereocenters. The molecule has 6 heteroatoms. The zero-order chi connectivity index (χ0) is 13.7. The highest BCUT2D eigenvalue weighted by atomic mass is 79.9. The van der Waals surface area contributed by atoms with E-state index in [0.717, 1.165) is 27.9 Å². The summed E-state index contributed by atoms with van der Waals surface area (Å²) >= 11 is 5.56. The van der Waals surface area contributed by atoms with Crippen LogP contribution in [-0.4, -0.2) is 34.1 Å². The Labute approximate surface area is 127 Å². The second kappa shape index (κ2) is 7.33. The monoisotopic (exact) mass is 344 g/mol. The summed E-state index contributed by atoms with van der Waals surface area (Å²) in [6.07, 6.45) is 8.90. The summed E-state index contributed by atoms with van der Waals surface area (Å²) in [6, 6.07) is 0.520. The summed E-state index contributed by atoms with van der Waals surface area (Å²) in [4.78, 5) is 8.59. The number of thioether (sulfide) groups is 1. The fourth-order valence-corrected chi connectivity index (χ4v) is 3.73. The van der Waals surface area contributed by atoms with Crippen LogP contribution in [0.15, 0.2) is 10.8 Å². The quantitative estimate of drug-likeness (QED) is 0.851. The Balaban J connectivity index is 2.04. The predicted octanol–water partition coefficient (Wildman–Crippen LogP) is 3.76. The van der Waals surface area contributed by atoms with E-state index >= 15 is 0 Å². The van der Waals surface area contributed by atoms with Gasteiger partial charge in [0.1, 0.15) is 22.4 Å². The first kappa shape index (κ1) is 14.9. The molecule has 106 valence electrons. The Kier molecular flexibility index (Phi) is 5.76. The molecule has 0 bridgehead atoms. The van der Waals surface area contributed by atoms with Gasteiger partial charge in [0.05, 0.1) is 0 Å². The highest BCUT2D eigenvalue weighted by molar-refractivity contribution is 9.10. The number of hydrogen-bond acceptors (Lipinski definition) is 5. The maximum Gasteiger partial charge on any atom is 0.146 e. The van der Waals surface area contributed by atoms with Crippen molar-refractivity contribution >= 4 is 39.3 Å². The Bertz CT molecular complexity index is 416. The smallest absolute Gasteiger partial charge is 0.146 e. The molecule has 0 aromatic carbocycles. The Morgan fingerprint density at radius 1 is 1.37 bits per heavy atom. The zero-order valence-corrected chi connectivity index (χ0v) is 13.9. The van der Waals surface area contributed by atoms with Gasteiger partial charge in [0, 0.05) is 17.8 Å². The fraction of sp³-hybridized carbons (Fsp3) is 0.692. The van der Waals surface area contributed by atoms with Crippen molar-refractivity contribution in [1.82, 2.24) is 9.97 Å². The number of hydrogen-bond donors (Lipinski definition) is 2. The van der Waals surface area contributed by atoms with Crippen molar-refractivity contribution in [3.63, 3.8) is 0 Å². The van der Waals surface area contributed by atoms with Crippen molar-refractivity contribution < 1.29 is 0 Å². The summed E-state index contributed by atoms with van der Waals surface area (Å²) in [5.41, 5.74) is 0.